The molecule has 2 aromatic rings. The molecule has 1 unspecified atom stereocenters. The van der Waals surface area contributed by atoms with Crippen molar-refractivity contribution in [2.45, 2.75) is 74.7 Å². The molecule has 0 heterocycles. The van der Waals surface area contributed by atoms with Gasteiger partial charge in [-0.3, -0.25) is 0 Å². The molecule has 0 aromatic heterocycles. The summed E-state index contributed by atoms with van der Waals surface area (Å²) >= 11 is 0. The van der Waals surface area contributed by atoms with Crippen molar-refractivity contribution in [1.82, 2.24) is 5.32 Å². The van der Waals surface area contributed by atoms with Crippen LogP contribution in [0.5, 0.6) is 5.75 Å². The van der Waals surface area contributed by atoms with E-state index in [1.807, 2.05) is 0 Å². The van der Waals surface area contributed by atoms with E-state index in [0.717, 1.165) is 12.1 Å². The summed E-state index contributed by atoms with van der Waals surface area (Å²) in [5.74, 6) is -2.24. The fourth-order valence-corrected chi connectivity index (χ4v) is 4.67. The first kappa shape index (κ1) is 31.7. The zero-order valence-corrected chi connectivity index (χ0v) is 22.0. The molecule has 1 saturated carbocycles. The van der Waals surface area contributed by atoms with E-state index >= 15 is 0 Å². The van der Waals surface area contributed by atoms with Crippen LogP contribution in [-0.4, -0.2) is 48.7 Å². The molecule has 0 spiro atoms. The van der Waals surface area contributed by atoms with Crippen LogP contribution in [0.3, 0.4) is 0 Å². The van der Waals surface area contributed by atoms with Gasteiger partial charge in [0.05, 0.1) is 24.2 Å². The van der Waals surface area contributed by atoms with E-state index in [1.54, 1.807) is 30.3 Å². The molecule has 1 fully saturated rings. The van der Waals surface area contributed by atoms with Crippen molar-refractivity contribution in [2.24, 2.45) is 0 Å². The number of rotatable bonds is 13. The maximum atomic E-state index is 14.9. The van der Waals surface area contributed by atoms with Gasteiger partial charge in [0.25, 0.3) is 0 Å². The number of hydrogen-bond donors (Lipinski definition) is 2. The van der Waals surface area contributed by atoms with Crippen LogP contribution in [-0.2, 0) is 16.7 Å². The Morgan fingerprint density at radius 3 is 2.31 bits per heavy atom. The summed E-state index contributed by atoms with van der Waals surface area (Å²) in [6, 6.07) is 10.4. The second-order valence-electron chi connectivity index (χ2n) is 10.3. The Morgan fingerprint density at radius 1 is 1.00 bits per heavy atom. The van der Waals surface area contributed by atoms with Crippen LogP contribution in [0.2, 0.25) is 0 Å². The zero-order chi connectivity index (χ0) is 30.7. The van der Waals surface area contributed by atoms with Crippen LogP contribution < -0.4 is 10.1 Å². The van der Waals surface area contributed by atoms with Crippen molar-refractivity contribution in [3.63, 3.8) is 0 Å². The van der Waals surface area contributed by atoms with Gasteiger partial charge in [-0.05, 0) is 54.2 Å². The van der Waals surface area contributed by atoms with Gasteiger partial charge >= 0.3 is 18.7 Å². The third kappa shape index (κ3) is 8.21. The number of allylic oxidation sites excluding steroid dienone is 2. The number of hydrogen-bond acceptors (Lipinski definition) is 4. The molecule has 0 bridgehead atoms. The van der Waals surface area contributed by atoms with Gasteiger partial charge in [0.2, 0.25) is 0 Å². The second-order valence-corrected chi connectivity index (χ2v) is 10.3. The minimum Gasteiger partial charge on any atom is -0.492 e. The number of ether oxygens (including phenoxy) is 2. The van der Waals surface area contributed by atoms with Crippen molar-refractivity contribution in [3.8, 4) is 5.75 Å². The number of alkyl halides is 8. The Bertz CT molecular complexity index is 1280. The standard InChI is InChI=1S/C29H28F9NO3/c30-20-10-19(11-23(13-20)42-29(37,38)26(32)33)27(14-17-4-2-1-3-5-17,39-16-21(40)15-28(34,35)36)18-6-9-24(31)25(12-18)41-22-7-8-22/h1-6,10-13,21-22,24,26,39-40H,7-9,14-16H2/t21-,24?,27-/m1/s1. The summed E-state index contributed by atoms with van der Waals surface area (Å²) in [6.45, 7) is -0.727. The molecule has 0 saturated heterocycles. The lowest BCUT2D eigenvalue weighted by atomic mass is 9.75. The van der Waals surface area contributed by atoms with E-state index in [1.165, 1.54) is 12.2 Å². The Morgan fingerprint density at radius 2 is 1.69 bits per heavy atom. The van der Waals surface area contributed by atoms with Gasteiger partial charge in [-0.1, -0.05) is 36.4 Å². The van der Waals surface area contributed by atoms with E-state index in [4.69, 9.17) is 4.74 Å². The van der Waals surface area contributed by atoms with Crippen molar-refractivity contribution < 1.29 is 54.1 Å². The van der Waals surface area contributed by atoms with Crippen molar-refractivity contribution in [2.75, 3.05) is 6.54 Å². The third-order valence-corrected chi connectivity index (χ3v) is 6.76. The molecular formula is C29H28F9NO3. The first-order chi connectivity index (χ1) is 19.7. The predicted molar refractivity (Wildman–Crippen MR) is 134 cm³/mol. The maximum absolute atomic E-state index is 14.9. The van der Waals surface area contributed by atoms with Crippen LogP contribution in [0, 0.1) is 5.82 Å². The summed E-state index contributed by atoms with van der Waals surface area (Å²) in [5, 5.41) is 13.1. The third-order valence-electron chi connectivity index (χ3n) is 6.76. The maximum Gasteiger partial charge on any atom is 0.461 e. The van der Waals surface area contributed by atoms with Crippen LogP contribution in [0.15, 0.2) is 72.0 Å². The van der Waals surface area contributed by atoms with Gasteiger partial charge in [0, 0.05) is 19.0 Å². The van der Waals surface area contributed by atoms with Crippen LogP contribution >= 0.6 is 0 Å². The largest absolute Gasteiger partial charge is 0.492 e. The van der Waals surface area contributed by atoms with E-state index in [-0.39, 0.29) is 35.8 Å². The van der Waals surface area contributed by atoms with E-state index in [9.17, 15) is 44.6 Å². The van der Waals surface area contributed by atoms with Gasteiger partial charge in [-0.15, -0.1) is 0 Å². The highest BCUT2D eigenvalue weighted by Crippen LogP contribution is 2.42. The lowest BCUT2D eigenvalue weighted by molar-refractivity contribution is -0.253. The normalized spacial score (nSPS) is 20.0. The molecule has 2 N–H and O–H groups in total. The van der Waals surface area contributed by atoms with E-state index < -0.39 is 61.1 Å². The lowest BCUT2D eigenvalue weighted by Gasteiger charge is -2.40. The molecule has 4 rings (SSSR count). The first-order valence-corrected chi connectivity index (χ1v) is 13.1. The molecular weight excluding hydrogens is 581 g/mol. The summed E-state index contributed by atoms with van der Waals surface area (Å²) in [4.78, 5) is 0. The molecule has 0 radical (unpaired) electrons. The minimum absolute atomic E-state index is 0.0813. The van der Waals surface area contributed by atoms with Gasteiger partial charge in [0.15, 0.2) is 6.17 Å². The highest BCUT2D eigenvalue weighted by atomic mass is 19.4. The minimum atomic E-state index is -4.99. The molecule has 42 heavy (non-hydrogen) atoms. The number of aliphatic hydroxyl groups excluding tert-OH is 1. The first-order valence-electron chi connectivity index (χ1n) is 13.1. The summed E-state index contributed by atoms with van der Waals surface area (Å²) in [5.41, 5.74) is -1.31. The highest BCUT2D eigenvalue weighted by Gasteiger charge is 2.45. The zero-order valence-electron chi connectivity index (χ0n) is 22.0. The molecule has 0 amide bonds. The highest BCUT2D eigenvalue weighted by molar-refractivity contribution is 5.48. The second kappa shape index (κ2) is 12.6. The SMILES string of the molecule is O[C@@H](CN[C@](Cc1ccccc1)(C1=CCC(F)C(OC2CC2)=C1)c1cc(F)cc(OC(F)(F)C(F)F)c1)CC(F)(F)F. The Labute approximate surface area is 235 Å². The van der Waals surface area contributed by atoms with E-state index in [2.05, 4.69) is 10.1 Å². The van der Waals surface area contributed by atoms with Gasteiger partial charge in [0.1, 0.15) is 17.3 Å². The molecule has 230 valence electrons. The van der Waals surface area contributed by atoms with Crippen molar-refractivity contribution in [3.05, 3.63) is 89.0 Å². The molecule has 4 nitrogen and oxygen atoms in total. The average molecular weight is 610 g/mol. The monoisotopic (exact) mass is 609 g/mol. The predicted octanol–water partition coefficient (Wildman–Crippen LogP) is 7.13. The number of aliphatic hydroxyl groups is 1. The van der Waals surface area contributed by atoms with Gasteiger partial charge in [-0.2, -0.15) is 30.7 Å². The summed E-state index contributed by atoms with van der Waals surface area (Å²) < 4.78 is 132. The molecule has 13 heteroatoms. The quantitative estimate of drug-likeness (QED) is 0.237. The Kier molecular flexibility index (Phi) is 9.51. The lowest BCUT2D eigenvalue weighted by Crippen LogP contribution is -2.49. The van der Waals surface area contributed by atoms with Crippen LogP contribution in [0.4, 0.5) is 39.5 Å². The molecule has 2 aliphatic rings. The number of benzene rings is 2. The molecule has 3 atom stereocenters. The fourth-order valence-electron chi connectivity index (χ4n) is 4.67. The van der Waals surface area contributed by atoms with E-state index in [0.29, 0.717) is 24.5 Å². The number of nitrogens with one attached hydrogen (secondary N) is 1. The van der Waals surface area contributed by atoms with Gasteiger partial charge < -0.3 is 19.9 Å². The molecule has 2 aromatic carbocycles. The van der Waals surface area contributed by atoms with Crippen LogP contribution in [0.1, 0.15) is 36.8 Å². The fraction of sp³-hybridized carbons (Fsp3) is 0.448. The summed E-state index contributed by atoms with van der Waals surface area (Å²) in [6.07, 6.45) is -15.7. The summed E-state index contributed by atoms with van der Waals surface area (Å²) in [7, 11) is 0. The Balaban J connectivity index is 1.86. The average Bonchev–Trinajstić information content (AvgIpc) is 3.71. The van der Waals surface area contributed by atoms with Gasteiger partial charge in [-0.25, -0.2) is 8.78 Å². The smallest absolute Gasteiger partial charge is 0.461 e. The number of halogens is 9. The van der Waals surface area contributed by atoms with Crippen LogP contribution in [0.25, 0.3) is 0 Å². The topological polar surface area (TPSA) is 50.7 Å². The van der Waals surface area contributed by atoms with Crippen molar-refractivity contribution >= 4 is 0 Å². The van der Waals surface area contributed by atoms with Crippen molar-refractivity contribution in [1.29, 1.82) is 0 Å². The Hall–Kier alpha value is -3.19. The molecule has 2 aliphatic carbocycles. The molecule has 0 aliphatic heterocycles.